The van der Waals surface area contributed by atoms with E-state index in [2.05, 4.69) is 0 Å². The molecule has 114 valence electrons. The minimum Gasteiger partial charge on any atom is -0.508 e. The molecule has 2 atom stereocenters. The number of hydrogen-bond donors (Lipinski definition) is 3. The fourth-order valence-corrected chi connectivity index (χ4v) is 2.43. The summed E-state index contributed by atoms with van der Waals surface area (Å²) in [5, 5.41) is 29.3. The minimum absolute atomic E-state index is 0.0371. The molecule has 3 rings (SSSR count). The number of ketones is 1. The van der Waals surface area contributed by atoms with Gasteiger partial charge < -0.3 is 24.8 Å². The molecular weight excluding hydrogens is 288 g/mol. The second kappa shape index (κ2) is 5.23. The van der Waals surface area contributed by atoms with E-state index in [0.717, 1.165) is 0 Å². The standard InChI is InChI=1S/C16H14O6/c1-21-13-6-8(2-5-11(13)18)16-15(20)14(19)10-4-3-9(17)7-12(10)22-16/h2-7,15-18,20H,1H3/t15-,16-/m1/s1. The number of aromatic hydroxyl groups is 2. The van der Waals surface area contributed by atoms with Crippen LogP contribution in [0.1, 0.15) is 22.0 Å². The van der Waals surface area contributed by atoms with Crippen LogP contribution in [0.15, 0.2) is 36.4 Å². The average Bonchev–Trinajstić information content (AvgIpc) is 2.51. The summed E-state index contributed by atoms with van der Waals surface area (Å²) in [7, 11) is 1.40. The van der Waals surface area contributed by atoms with Gasteiger partial charge in [-0.05, 0) is 29.8 Å². The molecule has 0 unspecified atom stereocenters. The molecule has 6 nitrogen and oxygen atoms in total. The minimum atomic E-state index is -1.38. The Kier molecular flexibility index (Phi) is 3.38. The average molecular weight is 302 g/mol. The Morgan fingerprint density at radius 3 is 2.64 bits per heavy atom. The van der Waals surface area contributed by atoms with Gasteiger partial charge in [0.05, 0.1) is 12.7 Å². The monoisotopic (exact) mass is 302 g/mol. The zero-order valence-corrected chi connectivity index (χ0v) is 11.7. The van der Waals surface area contributed by atoms with Crippen LogP contribution in [-0.4, -0.2) is 34.3 Å². The predicted molar refractivity (Wildman–Crippen MR) is 76.5 cm³/mol. The van der Waals surface area contributed by atoms with E-state index in [1.165, 1.54) is 43.5 Å². The van der Waals surface area contributed by atoms with Crippen molar-refractivity contribution >= 4 is 5.78 Å². The molecule has 0 spiro atoms. The lowest BCUT2D eigenvalue weighted by atomic mass is 9.93. The first-order chi connectivity index (χ1) is 10.5. The zero-order chi connectivity index (χ0) is 15.9. The summed E-state index contributed by atoms with van der Waals surface area (Å²) in [6, 6.07) is 8.51. The maximum atomic E-state index is 12.2. The van der Waals surface area contributed by atoms with Gasteiger partial charge in [0.15, 0.2) is 29.5 Å². The van der Waals surface area contributed by atoms with Gasteiger partial charge in [-0.2, -0.15) is 0 Å². The van der Waals surface area contributed by atoms with Crippen molar-refractivity contribution in [2.75, 3.05) is 7.11 Å². The summed E-state index contributed by atoms with van der Waals surface area (Å²) in [5.74, 6) is -0.168. The number of hydrogen-bond acceptors (Lipinski definition) is 6. The van der Waals surface area contributed by atoms with Crippen LogP contribution in [0.5, 0.6) is 23.0 Å². The molecule has 2 aromatic rings. The first kappa shape index (κ1) is 14.2. The number of methoxy groups -OCH3 is 1. The van der Waals surface area contributed by atoms with E-state index < -0.39 is 18.0 Å². The van der Waals surface area contributed by atoms with Crippen molar-refractivity contribution in [1.29, 1.82) is 0 Å². The van der Waals surface area contributed by atoms with E-state index in [1.807, 2.05) is 0 Å². The fraction of sp³-hybridized carbons (Fsp3) is 0.188. The Morgan fingerprint density at radius 2 is 1.91 bits per heavy atom. The maximum absolute atomic E-state index is 12.2. The van der Waals surface area contributed by atoms with E-state index in [1.54, 1.807) is 0 Å². The lowest BCUT2D eigenvalue weighted by Crippen LogP contribution is -2.36. The number of fused-ring (bicyclic) bond motifs is 1. The number of Topliss-reactive ketones (excluding diaryl/α,β-unsaturated/α-hetero) is 1. The Labute approximate surface area is 126 Å². The lowest BCUT2D eigenvalue weighted by Gasteiger charge is -2.30. The molecule has 0 radical (unpaired) electrons. The highest BCUT2D eigenvalue weighted by atomic mass is 16.5. The second-order valence-corrected chi connectivity index (χ2v) is 4.96. The highest BCUT2D eigenvalue weighted by molar-refractivity contribution is 6.03. The predicted octanol–water partition coefficient (Wildman–Crippen LogP) is 1.78. The molecular formula is C16H14O6. The molecule has 0 bridgehead atoms. The molecule has 2 aromatic carbocycles. The summed E-state index contributed by atoms with van der Waals surface area (Å²) >= 11 is 0. The van der Waals surface area contributed by atoms with Gasteiger partial charge in [0.2, 0.25) is 0 Å². The molecule has 3 N–H and O–H groups in total. The molecule has 1 aliphatic heterocycles. The van der Waals surface area contributed by atoms with Crippen molar-refractivity contribution < 1.29 is 29.6 Å². The van der Waals surface area contributed by atoms with Crippen LogP contribution in [0, 0.1) is 0 Å². The van der Waals surface area contributed by atoms with E-state index in [-0.39, 0.29) is 28.6 Å². The molecule has 0 saturated heterocycles. The highest BCUT2D eigenvalue weighted by Gasteiger charge is 2.37. The Morgan fingerprint density at radius 1 is 1.14 bits per heavy atom. The number of ether oxygens (including phenoxy) is 2. The van der Waals surface area contributed by atoms with E-state index in [9.17, 15) is 20.1 Å². The molecule has 0 aromatic heterocycles. The van der Waals surface area contributed by atoms with Crippen molar-refractivity contribution in [2.45, 2.75) is 12.2 Å². The Bertz CT molecular complexity index is 739. The SMILES string of the molecule is COc1cc([C@H]2Oc3cc(O)ccc3C(=O)[C@H]2O)ccc1O. The molecule has 1 heterocycles. The second-order valence-electron chi connectivity index (χ2n) is 4.96. The van der Waals surface area contributed by atoms with Crippen LogP contribution in [0.2, 0.25) is 0 Å². The Balaban J connectivity index is 2.04. The van der Waals surface area contributed by atoms with Crippen molar-refractivity contribution in [1.82, 2.24) is 0 Å². The van der Waals surface area contributed by atoms with Crippen molar-refractivity contribution in [3.63, 3.8) is 0 Å². The van der Waals surface area contributed by atoms with E-state index >= 15 is 0 Å². The molecule has 0 saturated carbocycles. The molecule has 0 fully saturated rings. The van der Waals surface area contributed by atoms with Gasteiger partial charge in [0.1, 0.15) is 11.5 Å². The summed E-state index contributed by atoms with van der Waals surface area (Å²) < 4.78 is 10.7. The number of phenolic OH excluding ortho intramolecular Hbond substituents is 2. The van der Waals surface area contributed by atoms with Gasteiger partial charge in [-0.3, -0.25) is 4.79 Å². The molecule has 0 aliphatic carbocycles. The summed E-state index contributed by atoms with van der Waals surface area (Å²) in [6.45, 7) is 0. The quantitative estimate of drug-likeness (QED) is 0.782. The first-order valence-corrected chi connectivity index (χ1v) is 6.60. The van der Waals surface area contributed by atoms with Crippen LogP contribution in [0.25, 0.3) is 0 Å². The number of carbonyl (C=O) groups excluding carboxylic acids is 1. The highest BCUT2D eigenvalue weighted by Crippen LogP contribution is 2.39. The van der Waals surface area contributed by atoms with Crippen molar-refractivity contribution in [2.24, 2.45) is 0 Å². The van der Waals surface area contributed by atoms with Crippen LogP contribution in [0.4, 0.5) is 0 Å². The van der Waals surface area contributed by atoms with Crippen molar-refractivity contribution in [3.05, 3.63) is 47.5 Å². The maximum Gasteiger partial charge on any atom is 0.199 e. The summed E-state index contributed by atoms with van der Waals surface area (Å²) in [5.41, 5.74) is 0.691. The number of aliphatic hydroxyl groups excluding tert-OH is 1. The van der Waals surface area contributed by atoms with Crippen molar-refractivity contribution in [3.8, 4) is 23.0 Å². The first-order valence-electron chi connectivity index (χ1n) is 6.60. The number of aliphatic hydroxyl groups is 1. The number of phenols is 2. The number of carbonyl (C=O) groups is 1. The van der Waals surface area contributed by atoms with E-state index in [4.69, 9.17) is 9.47 Å². The van der Waals surface area contributed by atoms with Crippen LogP contribution >= 0.6 is 0 Å². The fourth-order valence-electron chi connectivity index (χ4n) is 2.43. The Hall–Kier alpha value is -2.73. The molecule has 1 aliphatic rings. The normalized spacial score (nSPS) is 20.2. The summed E-state index contributed by atoms with van der Waals surface area (Å²) in [6.07, 6.45) is -2.33. The summed E-state index contributed by atoms with van der Waals surface area (Å²) in [4.78, 5) is 12.2. The van der Waals surface area contributed by atoms with Gasteiger partial charge in [0.25, 0.3) is 0 Å². The van der Waals surface area contributed by atoms with Gasteiger partial charge in [-0.1, -0.05) is 6.07 Å². The molecule has 6 heteroatoms. The van der Waals surface area contributed by atoms with Gasteiger partial charge in [-0.15, -0.1) is 0 Å². The van der Waals surface area contributed by atoms with Crippen LogP contribution in [0.3, 0.4) is 0 Å². The number of benzene rings is 2. The third kappa shape index (κ3) is 2.23. The zero-order valence-electron chi connectivity index (χ0n) is 11.7. The van der Waals surface area contributed by atoms with E-state index in [0.29, 0.717) is 5.56 Å². The lowest BCUT2D eigenvalue weighted by molar-refractivity contribution is 0.0215. The number of rotatable bonds is 2. The van der Waals surface area contributed by atoms with Gasteiger partial charge in [-0.25, -0.2) is 0 Å². The largest absolute Gasteiger partial charge is 0.508 e. The van der Waals surface area contributed by atoms with Gasteiger partial charge in [0, 0.05) is 6.07 Å². The smallest absolute Gasteiger partial charge is 0.199 e. The third-order valence-corrected chi connectivity index (χ3v) is 3.57. The molecule has 0 amide bonds. The van der Waals surface area contributed by atoms with Gasteiger partial charge >= 0.3 is 0 Å². The van der Waals surface area contributed by atoms with Crippen LogP contribution < -0.4 is 9.47 Å². The topological polar surface area (TPSA) is 96.2 Å². The molecule has 22 heavy (non-hydrogen) atoms. The third-order valence-electron chi connectivity index (χ3n) is 3.57. The van der Waals surface area contributed by atoms with Crippen LogP contribution in [-0.2, 0) is 0 Å².